The topological polar surface area (TPSA) is 52.6 Å². The first-order valence-corrected chi connectivity index (χ1v) is 6.31. The molecule has 0 spiro atoms. The number of nitrogens with zero attached hydrogens (tertiary/aromatic N) is 1. The number of carbonyl (C=O) groups excluding carboxylic acids is 1. The van der Waals surface area contributed by atoms with Gasteiger partial charge in [-0.15, -0.1) is 0 Å². The zero-order valence-electron chi connectivity index (χ0n) is 10.9. The second-order valence-electron chi connectivity index (χ2n) is 5.15. The van der Waals surface area contributed by atoms with Gasteiger partial charge in [-0.3, -0.25) is 4.79 Å². The molecule has 18 heavy (non-hydrogen) atoms. The van der Waals surface area contributed by atoms with Gasteiger partial charge in [-0.25, -0.2) is 0 Å². The predicted molar refractivity (Wildman–Crippen MR) is 70.7 cm³/mol. The van der Waals surface area contributed by atoms with Crippen LogP contribution in [0.5, 0.6) is 5.75 Å². The molecule has 0 unspecified atom stereocenters. The van der Waals surface area contributed by atoms with Crippen LogP contribution in [0.3, 0.4) is 0 Å². The number of phenolic OH excluding ortho intramolecular Hbond substituents is 1. The van der Waals surface area contributed by atoms with Gasteiger partial charge in [-0.05, 0) is 45.0 Å². The molecule has 0 saturated carbocycles. The Labute approximate surface area is 108 Å². The minimum absolute atomic E-state index is 0.00375. The van der Waals surface area contributed by atoms with Crippen molar-refractivity contribution in [1.29, 1.82) is 0 Å². The summed E-state index contributed by atoms with van der Waals surface area (Å²) in [4.78, 5) is 14.1. The SMILES string of the molecule is CNC1(C)CCN(C(=O)c2cccc(O)c2)CC1. The van der Waals surface area contributed by atoms with E-state index in [1.807, 2.05) is 11.9 Å². The summed E-state index contributed by atoms with van der Waals surface area (Å²) in [5.74, 6) is 0.141. The van der Waals surface area contributed by atoms with Crippen molar-refractivity contribution in [3.63, 3.8) is 0 Å². The highest BCUT2D eigenvalue weighted by Crippen LogP contribution is 2.23. The van der Waals surface area contributed by atoms with Crippen molar-refractivity contribution in [2.75, 3.05) is 20.1 Å². The molecule has 4 nitrogen and oxygen atoms in total. The smallest absolute Gasteiger partial charge is 0.253 e. The molecule has 1 aromatic carbocycles. The molecule has 1 aliphatic rings. The van der Waals surface area contributed by atoms with Crippen molar-refractivity contribution in [1.82, 2.24) is 10.2 Å². The third-order valence-corrected chi connectivity index (χ3v) is 3.85. The molecule has 1 saturated heterocycles. The van der Waals surface area contributed by atoms with Crippen molar-refractivity contribution < 1.29 is 9.90 Å². The summed E-state index contributed by atoms with van der Waals surface area (Å²) in [7, 11) is 1.96. The van der Waals surface area contributed by atoms with Crippen molar-refractivity contribution in [3.8, 4) is 5.75 Å². The number of aromatic hydroxyl groups is 1. The Balaban J connectivity index is 2.04. The molecule has 0 atom stereocenters. The van der Waals surface area contributed by atoms with Gasteiger partial charge in [0.1, 0.15) is 5.75 Å². The highest BCUT2D eigenvalue weighted by atomic mass is 16.3. The van der Waals surface area contributed by atoms with Crippen LogP contribution in [0.15, 0.2) is 24.3 Å². The first kappa shape index (κ1) is 12.9. The second kappa shape index (κ2) is 4.98. The Morgan fingerprint density at radius 1 is 1.39 bits per heavy atom. The van der Waals surface area contributed by atoms with Crippen molar-refractivity contribution in [2.45, 2.75) is 25.3 Å². The van der Waals surface area contributed by atoms with Crippen LogP contribution in [-0.4, -0.2) is 41.6 Å². The highest BCUT2D eigenvalue weighted by Gasteiger charge is 2.30. The number of nitrogens with one attached hydrogen (secondary N) is 1. The maximum Gasteiger partial charge on any atom is 0.253 e. The zero-order valence-corrected chi connectivity index (χ0v) is 10.9. The highest BCUT2D eigenvalue weighted by molar-refractivity contribution is 5.94. The second-order valence-corrected chi connectivity index (χ2v) is 5.15. The van der Waals surface area contributed by atoms with Crippen LogP contribution in [0, 0.1) is 0 Å². The van der Waals surface area contributed by atoms with Gasteiger partial charge in [-0.1, -0.05) is 6.07 Å². The molecule has 2 rings (SSSR count). The fourth-order valence-electron chi connectivity index (χ4n) is 2.27. The summed E-state index contributed by atoms with van der Waals surface area (Å²) in [6.07, 6.45) is 1.90. The van der Waals surface area contributed by atoms with Crippen LogP contribution < -0.4 is 5.32 Å². The monoisotopic (exact) mass is 248 g/mol. The standard InChI is InChI=1S/C14H20N2O2/c1-14(15-2)6-8-16(9-7-14)13(18)11-4-3-5-12(17)10-11/h3-5,10,15,17H,6-9H2,1-2H3. The molecule has 1 heterocycles. The Morgan fingerprint density at radius 3 is 2.61 bits per heavy atom. The van der Waals surface area contributed by atoms with Crippen LogP contribution in [0.4, 0.5) is 0 Å². The van der Waals surface area contributed by atoms with E-state index in [2.05, 4.69) is 12.2 Å². The largest absolute Gasteiger partial charge is 0.508 e. The number of amides is 1. The van der Waals surface area contributed by atoms with Gasteiger partial charge in [0.25, 0.3) is 5.91 Å². The maximum atomic E-state index is 12.2. The average Bonchev–Trinajstić information content (AvgIpc) is 2.39. The molecule has 1 aliphatic heterocycles. The number of hydrogen-bond acceptors (Lipinski definition) is 3. The van der Waals surface area contributed by atoms with E-state index in [0.29, 0.717) is 5.56 Å². The van der Waals surface area contributed by atoms with Crippen LogP contribution in [0.2, 0.25) is 0 Å². The zero-order chi connectivity index (χ0) is 13.2. The third-order valence-electron chi connectivity index (χ3n) is 3.85. The van der Waals surface area contributed by atoms with Crippen LogP contribution in [0.25, 0.3) is 0 Å². The molecule has 1 fully saturated rings. The van der Waals surface area contributed by atoms with Gasteiger partial charge in [0.15, 0.2) is 0 Å². The van der Waals surface area contributed by atoms with Crippen LogP contribution in [-0.2, 0) is 0 Å². The van der Waals surface area contributed by atoms with E-state index in [1.54, 1.807) is 18.2 Å². The van der Waals surface area contributed by atoms with E-state index in [9.17, 15) is 9.90 Å². The molecule has 1 amide bonds. The van der Waals surface area contributed by atoms with E-state index in [-0.39, 0.29) is 17.2 Å². The third kappa shape index (κ3) is 2.64. The predicted octanol–water partition coefficient (Wildman–Crippen LogP) is 1.61. The van der Waals surface area contributed by atoms with E-state index in [1.165, 1.54) is 6.07 Å². The van der Waals surface area contributed by atoms with E-state index >= 15 is 0 Å². The number of piperidine rings is 1. The molecule has 98 valence electrons. The Morgan fingerprint density at radius 2 is 2.06 bits per heavy atom. The minimum atomic E-state index is 0.00375. The minimum Gasteiger partial charge on any atom is -0.508 e. The van der Waals surface area contributed by atoms with E-state index < -0.39 is 0 Å². The van der Waals surface area contributed by atoms with E-state index in [4.69, 9.17) is 0 Å². The first-order valence-electron chi connectivity index (χ1n) is 6.31. The molecule has 0 aromatic heterocycles. The van der Waals surface area contributed by atoms with Gasteiger partial charge >= 0.3 is 0 Å². The molecular formula is C14H20N2O2. The number of carbonyl (C=O) groups is 1. The number of benzene rings is 1. The van der Waals surface area contributed by atoms with Crippen LogP contribution in [0.1, 0.15) is 30.1 Å². The van der Waals surface area contributed by atoms with Gasteiger partial charge in [0.2, 0.25) is 0 Å². The average molecular weight is 248 g/mol. The maximum absolute atomic E-state index is 12.2. The van der Waals surface area contributed by atoms with Gasteiger partial charge in [0, 0.05) is 24.2 Å². The molecule has 4 heteroatoms. The summed E-state index contributed by atoms with van der Waals surface area (Å²) in [5.41, 5.74) is 0.693. The molecule has 2 N–H and O–H groups in total. The molecular weight excluding hydrogens is 228 g/mol. The summed E-state index contributed by atoms with van der Waals surface area (Å²) in [6, 6.07) is 6.54. The van der Waals surface area contributed by atoms with Gasteiger partial charge in [0.05, 0.1) is 0 Å². The number of phenols is 1. The summed E-state index contributed by atoms with van der Waals surface area (Å²) < 4.78 is 0. The van der Waals surface area contributed by atoms with Crippen molar-refractivity contribution >= 4 is 5.91 Å². The van der Waals surface area contributed by atoms with Gasteiger partial charge in [-0.2, -0.15) is 0 Å². The Bertz CT molecular complexity index is 437. The normalized spacial score (nSPS) is 18.7. The van der Waals surface area contributed by atoms with Crippen molar-refractivity contribution in [2.24, 2.45) is 0 Å². The van der Waals surface area contributed by atoms with Crippen LogP contribution >= 0.6 is 0 Å². The Kier molecular flexibility index (Phi) is 3.57. The molecule has 0 aliphatic carbocycles. The summed E-state index contributed by atoms with van der Waals surface area (Å²) >= 11 is 0. The first-order chi connectivity index (χ1) is 8.54. The number of hydrogen-bond donors (Lipinski definition) is 2. The quantitative estimate of drug-likeness (QED) is 0.836. The lowest BCUT2D eigenvalue weighted by Gasteiger charge is -2.39. The summed E-state index contributed by atoms with van der Waals surface area (Å²) in [6.45, 7) is 3.70. The van der Waals surface area contributed by atoms with Gasteiger partial charge < -0.3 is 15.3 Å². The lowest BCUT2D eigenvalue weighted by atomic mass is 9.89. The molecule has 1 aromatic rings. The van der Waals surface area contributed by atoms with Crippen molar-refractivity contribution in [3.05, 3.63) is 29.8 Å². The lowest BCUT2D eigenvalue weighted by Crippen LogP contribution is -2.51. The fraction of sp³-hybridized carbons (Fsp3) is 0.500. The molecule has 0 bridgehead atoms. The number of rotatable bonds is 2. The number of likely N-dealkylation sites (tertiary alicyclic amines) is 1. The Hall–Kier alpha value is -1.55. The lowest BCUT2D eigenvalue weighted by molar-refractivity contribution is 0.0661. The summed E-state index contributed by atoms with van der Waals surface area (Å²) in [5, 5.41) is 12.7. The van der Waals surface area contributed by atoms with E-state index in [0.717, 1.165) is 25.9 Å². The fourth-order valence-corrected chi connectivity index (χ4v) is 2.27. The molecule has 0 radical (unpaired) electrons.